The van der Waals surface area contributed by atoms with Crippen molar-refractivity contribution in [3.63, 3.8) is 0 Å². The standard InChI is InChI=1S/C18H21N3O5/c1-24-13-7-5-12(6-8-13)21-16(25-2)10-15(22)17(20-21)18(23)19-11-14-4-3-9-26-14/h5-8,10,14H,3-4,9,11H2,1-2H3,(H,19,23)/t14-/m1/s1. The molecule has 26 heavy (non-hydrogen) atoms. The van der Waals surface area contributed by atoms with Crippen molar-refractivity contribution in [3.8, 4) is 17.3 Å². The second kappa shape index (κ2) is 8.01. The lowest BCUT2D eigenvalue weighted by Crippen LogP contribution is -2.36. The summed E-state index contributed by atoms with van der Waals surface area (Å²) in [7, 11) is 3.01. The van der Waals surface area contributed by atoms with E-state index in [-0.39, 0.29) is 17.7 Å². The number of carbonyl (C=O) groups is 1. The van der Waals surface area contributed by atoms with Crippen LogP contribution < -0.4 is 20.2 Å². The monoisotopic (exact) mass is 359 g/mol. The number of aromatic nitrogens is 2. The number of ether oxygens (including phenoxy) is 3. The van der Waals surface area contributed by atoms with Crippen molar-refractivity contribution >= 4 is 5.91 Å². The van der Waals surface area contributed by atoms with E-state index in [9.17, 15) is 9.59 Å². The third kappa shape index (κ3) is 3.85. The fraction of sp³-hybridized carbons (Fsp3) is 0.389. The average molecular weight is 359 g/mol. The predicted octanol–water partition coefficient (Wildman–Crippen LogP) is 1.16. The van der Waals surface area contributed by atoms with Gasteiger partial charge in [0.2, 0.25) is 11.3 Å². The van der Waals surface area contributed by atoms with Crippen LogP contribution in [0.2, 0.25) is 0 Å². The molecule has 0 bridgehead atoms. The van der Waals surface area contributed by atoms with Gasteiger partial charge in [0.05, 0.1) is 32.1 Å². The number of methoxy groups -OCH3 is 2. The molecule has 0 saturated carbocycles. The molecule has 1 amide bonds. The van der Waals surface area contributed by atoms with E-state index in [1.165, 1.54) is 17.9 Å². The Hall–Kier alpha value is -2.87. The Morgan fingerprint density at radius 1 is 1.31 bits per heavy atom. The first-order valence-corrected chi connectivity index (χ1v) is 8.35. The first-order valence-electron chi connectivity index (χ1n) is 8.35. The number of hydrogen-bond donors (Lipinski definition) is 1. The minimum absolute atomic E-state index is 0.0130. The van der Waals surface area contributed by atoms with E-state index in [1.807, 2.05) is 0 Å². The molecule has 1 aromatic carbocycles. The molecule has 0 radical (unpaired) electrons. The summed E-state index contributed by atoms with van der Waals surface area (Å²) < 4.78 is 17.2. The van der Waals surface area contributed by atoms with Gasteiger partial charge in [-0.1, -0.05) is 0 Å². The summed E-state index contributed by atoms with van der Waals surface area (Å²) in [5.41, 5.74) is -0.0631. The smallest absolute Gasteiger partial charge is 0.275 e. The summed E-state index contributed by atoms with van der Waals surface area (Å²) >= 11 is 0. The van der Waals surface area contributed by atoms with Gasteiger partial charge in [-0.05, 0) is 37.1 Å². The van der Waals surface area contributed by atoms with Crippen molar-refractivity contribution in [1.82, 2.24) is 15.1 Å². The lowest BCUT2D eigenvalue weighted by atomic mass is 10.2. The third-order valence-electron chi connectivity index (χ3n) is 4.15. The fourth-order valence-corrected chi connectivity index (χ4v) is 2.75. The van der Waals surface area contributed by atoms with Crippen LogP contribution in [-0.4, -0.2) is 49.2 Å². The van der Waals surface area contributed by atoms with E-state index >= 15 is 0 Å². The number of amides is 1. The zero-order valence-electron chi connectivity index (χ0n) is 14.7. The molecule has 2 heterocycles. The van der Waals surface area contributed by atoms with Gasteiger partial charge in [0, 0.05) is 13.2 Å². The van der Waals surface area contributed by atoms with E-state index in [0.29, 0.717) is 24.6 Å². The maximum absolute atomic E-state index is 12.4. The predicted molar refractivity (Wildman–Crippen MR) is 94.2 cm³/mol. The maximum atomic E-state index is 12.4. The highest BCUT2D eigenvalue weighted by atomic mass is 16.5. The van der Waals surface area contributed by atoms with Crippen LogP contribution in [0.5, 0.6) is 11.6 Å². The molecule has 1 atom stereocenters. The van der Waals surface area contributed by atoms with Crippen LogP contribution in [-0.2, 0) is 4.74 Å². The number of carbonyl (C=O) groups excluding carboxylic acids is 1. The Bertz CT molecular complexity index is 826. The molecule has 8 heteroatoms. The zero-order chi connectivity index (χ0) is 18.5. The molecule has 138 valence electrons. The molecule has 1 saturated heterocycles. The first-order chi connectivity index (χ1) is 12.6. The van der Waals surface area contributed by atoms with Crippen molar-refractivity contribution in [2.75, 3.05) is 27.4 Å². The molecule has 2 aromatic rings. The Balaban J connectivity index is 1.87. The number of nitrogens with zero attached hydrogens (tertiary/aromatic N) is 2. The molecule has 1 aliphatic heterocycles. The SMILES string of the molecule is COc1ccc(-n2nc(C(=O)NC[C@H]3CCCO3)c(=O)cc2OC)cc1. The minimum Gasteiger partial charge on any atom is -0.497 e. The van der Waals surface area contributed by atoms with Gasteiger partial charge < -0.3 is 19.5 Å². The van der Waals surface area contributed by atoms with Crippen LogP contribution in [0.3, 0.4) is 0 Å². The van der Waals surface area contributed by atoms with Crippen LogP contribution in [0.4, 0.5) is 0 Å². The van der Waals surface area contributed by atoms with Gasteiger partial charge in [-0.3, -0.25) is 9.59 Å². The van der Waals surface area contributed by atoms with Crippen LogP contribution in [0.25, 0.3) is 5.69 Å². The van der Waals surface area contributed by atoms with Gasteiger partial charge in [-0.15, -0.1) is 0 Å². The van der Waals surface area contributed by atoms with E-state index in [0.717, 1.165) is 12.8 Å². The molecular weight excluding hydrogens is 338 g/mol. The molecule has 1 fully saturated rings. The molecule has 1 N–H and O–H groups in total. The highest BCUT2D eigenvalue weighted by molar-refractivity contribution is 5.92. The van der Waals surface area contributed by atoms with Crippen molar-refractivity contribution in [3.05, 3.63) is 46.2 Å². The van der Waals surface area contributed by atoms with Gasteiger partial charge in [0.15, 0.2) is 5.69 Å². The lowest BCUT2D eigenvalue weighted by molar-refractivity contribution is 0.0851. The van der Waals surface area contributed by atoms with E-state index in [4.69, 9.17) is 14.2 Å². The highest BCUT2D eigenvalue weighted by Gasteiger charge is 2.20. The summed E-state index contributed by atoms with van der Waals surface area (Å²) in [6.07, 6.45) is 1.86. The van der Waals surface area contributed by atoms with E-state index < -0.39 is 11.3 Å². The number of nitrogens with one attached hydrogen (secondary N) is 1. The lowest BCUT2D eigenvalue weighted by Gasteiger charge is -2.14. The Kier molecular flexibility index (Phi) is 5.52. The highest BCUT2D eigenvalue weighted by Crippen LogP contribution is 2.18. The van der Waals surface area contributed by atoms with Crippen LogP contribution in [0.15, 0.2) is 35.1 Å². The quantitative estimate of drug-likeness (QED) is 0.832. The second-order valence-corrected chi connectivity index (χ2v) is 5.85. The van der Waals surface area contributed by atoms with Crippen LogP contribution in [0, 0.1) is 0 Å². The van der Waals surface area contributed by atoms with Crippen molar-refractivity contribution in [2.45, 2.75) is 18.9 Å². The summed E-state index contributed by atoms with van der Waals surface area (Å²) in [5, 5.41) is 6.92. The molecule has 1 aliphatic rings. The minimum atomic E-state index is -0.532. The summed E-state index contributed by atoms with van der Waals surface area (Å²) in [6.45, 7) is 1.06. The number of benzene rings is 1. The van der Waals surface area contributed by atoms with Crippen LogP contribution in [0.1, 0.15) is 23.3 Å². The molecule has 3 rings (SSSR count). The zero-order valence-corrected chi connectivity index (χ0v) is 14.7. The molecular formula is C18H21N3O5. The molecule has 0 unspecified atom stereocenters. The number of hydrogen-bond acceptors (Lipinski definition) is 6. The van der Waals surface area contributed by atoms with Crippen molar-refractivity contribution in [1.29, 1.82) is 0 Å². The molecule has 8 nitrogen and oxygen atoms in total. The van der Waals surface area contributed by atoms with E-state index in [1.54, 1.807) is 31.4 Å². The largest absolute Gasteiger partial charge is 0.497 e. The molecule has 1 aromatic heterocycles. The van der Waals surface area contributed by atoms with Crippen molar-refractivity contribution < 1.29 is 19.0 Å². The fourth-order valence-electron chi connectivity index (χ4n) is 2.75. The Morgan fingerprint density at radius 2 is 2.08 bits per heavy atom. The Morgan fingerprint density at radius 3 is 2.69 bits per heavy atom. The van der Waals surface area contributed by atoms with Gasteiger partial charge in [0.25, 0.3) is 5.91 Å². The third-order valence-corrected chi connectivity index (χ3v) is 4.15. The van der Waals surface area contributed by atoms with Crippen molar-refractivity contribution in [2.24, 2.45) is 0 Å². The van der Waals surface area contributed by atoms with Gasteiger partial charge in [0.1, 0.15) is 5.75 Å². The van der Waals surface area contributed by atoms with E-state index in [2.05, 4.69) is 10.4 Å². The molecule has 0 aliphatic carbocycles. The number of rotatable bonds is 6. The normalized spacial score (nSPS) is 16.3. The van der Waals surface area contributed by atoms with Gasteiger partial charge >= 0.3 is 0 Å². The first kappa shape index (κ1) is 17.9. The average Bonchev–Trinajstić information content (AvgIpc) is 3.19. The van der Waals surface area contributed by atoms with Crippen LogP contribution >= 0.6 is 0 Å². The van der Waals surface area contributed by atoms with Gasteiger partial charge in [-0.2, -0.15) is 5.10 Å². The second-order valence-electron chi connectivity index (χ2n) is 5.85. The Labute approximate surface area is 150 Å². The summed E-state index contributed by atoms with van der Waals surface area (Å²) in [5.74, 6) is 0.384. The summed E-state index contributed by atoms with van der Waals surface area (Å²) in [6, 6.07) is 8.27. The maximum Gasteiger partial charge on any atom is 0.275 e. The summed E-state index contributed by atoms with van der Waals surface area (Å²) in [4.78, 5) is 24.7. The molecule has 0 spiro atoms. The van der Waals surface area contributed by atoms with Gasteiger partial charge in [-0.25, -0.2) is 4.68 Å². The topological polar surface area (TPSA) is 91.7 Å².